The Kier molecular flexibility index (Phi) is 58.6. The Balaban J connectivity index is 1.93. The average molecular weight is 1180 g/mol. The number of esters is 1. The summed E-state index contributed by atoms with van der Waals surface area (Å²) in [4.78, 5) is 25.1. The largest absolute Gasteiger partial charge is 0.466 e. The Bertz CT molecular complexity index is 1580. The quantitative estimate of drug-likeness (QED) is 0.0195. The molecule has 1 aliphatic rings. The molecule has 11 heteroatoms. The van der Waals surface area contributed by atoms with Crippen molar-refractivity contribution in [2.24, 2.45) is 0 Å². The minimum atomic E-state index is -1.57. The number of aliphatic hydroxyl groups excluding tert-OH is 5. The summed E-state index contributed by atoms with van der Waals surface area (Å²) in [5.74, 6) is -0.190. The monoisotopic (exact) mass is 1180 g/mol. The van der Waals surface area contributed by atoms with Crippen molar-refractivity contribution in [1.29, 1.82) is 0 Å². The van der Waals surface area contributed by atoms with Crippen LogP contribution in [0.25, 0.3) is 0 Å². The molecule has 0 aromatic rings. The zero-order valence-electron chi connectivity index (χ0n) is 54.4. The van der Waals surface area contributed by atoms with Gasteiger partial charge >= 0.3 is 5.97 Å². The van der Waals surface area contributed by atoms with Gasteiger partial charge in [-0.3, -0.25) is 9.59 Å². The first-order valence-electron chi connectivity index (χ1n) is 35.6. The first kappa shape index (κ1) is 79.4. The maximum atomic E-state index is 13.0. The zero-order chi connectivity index (χ0) is 60.9. The highest BCUT2D eigenvalue weighted by atomic mass is 16.7. The van der Waals surface area contributed by atoms with E-state index in [1.165, 1.54) is 231 Å². The fourth-order valence-electron chi connectivity index (χ4n) is 11.0. The second-order valence-corrected chi connectivity index (χ2v) is 24.6. The van der Waals surface area contributed by atoms with Gasteiger partial charge in [-0.25, -0.2) is 0 Å². The van der Waals surface area contributed by atoms with E-state index in [0.29, 0.717) is 19.4 Å². The highest BCUT2D eigenvalue weighted by Crippen LogP contribution is 2.23. The third-order valence-electron chi connectivity index (χ3n) is 16.6. The lowest BCUT2D eigenvalue weighted by atomic mass is 9.99. The molecule has 0 radical (unpaired) electrons. The van der Waals surface area contributed by atoms with Crippen molar-refractivity contribution >= 4 is 11.9 Å². The molecule has 7 atom stereocenters. The first-order chi connectivity index (χ1) is 41.2. The Morgan fingerprint density at radius 2 is 0.821 bits per heavy atom. The molecule has 1 fully saturated rings. The molecule has 1 saturated heterocycles. The van der Waals surface area contributed by atoms with E-state index in [-0.39, 0.29) is 18.5 Å². The molecule has 7 unspecified atom stereocenters. The van der Waals surface area contributed by atoms with Gasteiger partial charge in [0.05, 0.1) is 32.0 Å². The number of ether oxygens (including phenoxy) is 3. The minimum Gasteiger partial charge on any atom is -0.466 e. The summed E-state index contributed by atoms with van der Waals surface area (Å²) < 4.78 is 16.7. The van der Waals surface area contributed by atoms with Crippen molar-refractivity contribution in [3.05, 3.63) is 60.8 Å². The van der Waals surface area contributed by atoms with E-state index in [2.05, 4.69) is 67.8 Å². The maximum absolute atomic E-state index is 13.0. The van der Waals surface area contributed by atoms with Crippen LogP contribution in [0.15, 0.2) is 60.8 Å². The second kappa shape index (κ2) is 62.0. The van der Waals surface area contributed by atoms with E-state index in [4.69, 9.17) is 14.2 Å². The van der Waals surface area contributed by atoms with Crippen LogP contribution < -0.4 is 5.32 Å². The predicted octanol–water partition coefficient (Wildman–Crippen LogP) is 18.1. The smallest absolute Gasteiger partial charge is 0.305 e. The molecule has 0 bridgehead atoms. The van der Waals surface area contributed by atoms with Gasteiger partial charge in [0.1, 0.15) is 24.4 Å². The fraction of sp³-hybridized carbons (Fsp3) is 0.836. The Labute approximate surface area is 516 Å². The number of carbonyl (C=O) groups excluding carboxylic acids is 2. The number of carbonyl (C=O) groups is 2. The molecule has 11 nitrogen and oxygen atoms in total. The normalized spacial score (nSPS) is 18.4. The molecule has 0 spiro atoms. The number of amides is 1. The van der Waals surface area contributed by atoms with E-state index in [9.17, 15) is 35.1 Å². The number of unbranched alkanes of at least 4 members (excludes halogenated alkanes) is 40. The van der Waals surface area contributed by atoms with Gasteiger partial charge in [0.25, 0.3) is 0 Å². The number of rotatable bonds is 62. The molecule has 0 saturated carbocycles. The molecule has 0 aliphatic carbocycles. The molecule has 1 aliphatic heterocycles. The summed E-state index contributed by atoms with van der Waals surface area (Å²) in [6.07, 6.45) is 72.3. The van der Waals surface area contributed by atoms with Gasteiger partial charge in [-0.15, -0.1) is 0 Å². The SMILES string of the molecule is CCC/C=C\C/C=C\CCCCCCCC(=O)OCCCCCCCCCCC/C=C\C/C=C\CCCCCCCCCCCCCCCCCCCC(=O)NC(COC1OC(CO)C(O)C(O)C1O)C(O)/C=C/CCCCCCCCCC. The third-order valence-corrected chi connectivity index (χ3v) is 16.6. The van der Waals surface area contributed by atoms with Crippen molar-refractivity contribution in [3.63, 3.8) is 0 Å². The molecule has 1 rings (SSSR count). The second-order valence-electron chi connectivity index (χ2n) is 24.6. The zero-order valence-corrected chi connectivity index (χ0v) is 54.4. The van der Waals surface area contributed by atoms with Crippen LogP contribution in [0.1, 0.15) is 328 Å². The molecule has 1 heterocycles. The molecular formula is C73H133NO10. The Morgan fingerprint density at radius 3 is 1.25 bits per heavy atom. The van der Waals surface area contributed by atoms with Crippen LogP contribution in [0.3, 0.4) is 0 Å². The third kappa shape index (κ3) is 50.4. The maximum Gasteiger partial charge on any atom is 0.305 e. The Morgan fingerprint density at radius 1 is 0.440 bits per heavy atom. The van der Waals surface area contributed by atoms with Crippen LogP contribution in [0.5, 0.6) is 0 Å². The van der Waals surface area contributed by atoms with E-state index in [0.717, 1.165) is 70.6 Å². The molecular weight excluding hydrogens is 1050 g/mol. The van der Waals surface area contributed by atoms with E-state index in [1.807, 2.05) is 6.08 Å². The van der Waals surface area contributed by atoms with Gasteiger partial charge in [0.2, 0.25) is 5.91 Å². The number of nitrogens with one attached hydrogen (secondary N) is 1. The van der Waals surface area contributed by atoms with Crippen LogP contribution >= 0.6 is 0 Å². The minimum absolute atomic E-state index is 0.00885. The number of allylic oxidation sites excluding steroid dienone is 9. The molecule has 0 aromatic heterocycles. The lowest BCUT2D eigenvalue weighted by Crippen LogP contribution is -2.60. The van der Waals surface area contributed by atoms with Crippen molar-refractivity contribution in [1.82, 2.24) is 5.32 Å². The summed E-state index contributed by atoms with van der Waals surface area (Å²) in [5, 5.41) is 54.4. The Hall–Kier alpha value is -2.64. The summed E-state index contributed by atoms with van der Waals surface area (Å²) >= 11 is 0. The van der Waals surface area contributed by atoms with Crippen molar-refractivity contribution in [2.45, 2.75) is 371 Å². The lowest BCUT2D eigenvalue weighted by molar-refractivity contribution is -0.302. The van der Waals surface area contributed by atoms with Gasteiger partial charge in [-0.2, -0.15) is 0 Å². The molecule has 84 heavy (non-hydrogen) atoms. The van der Waals surface area contributed by atoms with Gasteiger partial charge in [-0.05, 0) is 89.9 Å². The van der Waals surface area contributed by atoms with Crippen LogP contribution in [-0.4, -0.2) is 100 Å². The summed E-state index contributed by atoms with van der Waals surface area (Å²) in [5.41, 5.74) is 0. The highest BCUT2D eigenvalue weighted by molar-refractivity contribution is 5.76. The molecule has 1 amide bonds. The van der Waals surface area contributed by atoms with Crippen LogP contribution in [0, 0.1) is 0 Å². The standard InChI is InChI=1S/C73H133NO10/c1-3-5-7-9-11-13-15-37-41-45-49-53-57-61-69(78)82-62-58-54-50-46-42-39-36-34-32-30-28-26-24-22-20-18-16-17-19-21-23-25-27-29-31-33-35-38-40-44-48-52-56-60-68(77)74-65(64-83-73-72(81)71(80)70(79)67(63-75)84-73)66(76)59-55-51-47-43-14-12-10-8-6-4-2/h7,9,13,15,20,22,26,28,55,59,65-67,70-73,75-76,79-81H,3-6,8,10-12,14,16-19,21,23-25,27,29-54,56-58,60-64H2,1-2H3,(H,74,77)/b9-7-,15-13-,22-20-,28-26-,59-55+. The summed E-state index contributed by atoms with van der Waals surface area (Å²) in [7, 11) is 0. The number of hydrogen-bond donors (Lipinski definition) is 6. The van der Waals surface area contributed by atoms with Gasteiger partial charge < -0.3 is 45.1 Å². The van der Waals surface area contributed by atoms with E-state index in [1.54, 1.807) is 6.08 Å². The fourth-order valence-corrected chi connectivity index (χ4v) is 11.0. The summed E-state index contributed by atoms with van der Waals surface area (Å²) in [6.45, 7) is 4.27. The van der Waals surface area contributed by atoms with E-state index < -0.39 is 49.5 Å². The van der Waals surface area contributed by atoms with Gasteiger partial charge in [-0.1, -0.05) is 286 Å². The molecule has 490 valence electrons. The average Bonchev–Trinajstić information content (AvgIpc) is 3.42. The predicted molar refractivity (Wildman–Crippen MR) is 352 cm³/mol. The van der Waals surface area contributed by atoms with Crippen molar-refractivity contribution in [3.8, 4) is 0 Å². The first-order valence-corrected chi connectivity index (χ1v) is 35.6. The molecule has 0 aromatic carbocycles. The van der Waals surface area contributed by atoms with Gasteiger partial charge in [0, 0.05) is 12.8 Å². The summed E-state index contributed by atoms with van der Waals surface area (Å²) in [6, 6.07) is -0.808. The van der Waals surface area contributed by atoms with Crippen molar-refractivity contribution in [2.75, 3.05) is 19.8 Å². The molecule has 6 N–H and O–H groups in total. The van der Waals surface area contributed by atoms with Crippen LogP contribution in [0.4, 0.5) is 0 Å². The lowest BCUT2D eigenvalue weighted by Gasteiger charge is -2.40. The topological polar surface area (TPSA) is 175 Å². The highest BCUT2D eigenvalue weighted by Gasteiger charge is 2.44. The number of hydrogen-bond acceptors (Lipinski definition) is 10. The van der Waals surface area contributed by atoms with Crippen LogP contribution in [-0.2, 0) is 23.8 Å². The number of aliphatic hydroxyl groups is 5. The van der Waals surface area contributed by atoms with E-state index >= 15 is 0 Å². The van der Waals surface area contributed by atoms with Crippen molar-refractivity contribution < 1.29 is 49.3 Å². The van der Waals surface area contributed by atoms with Crippen LogP contribution in [0.2, 0.25) is 0 Å². The van der Waals surface area contributed by atoms with Gasteiger partial charge in [0.15, 0.2) is 6.29 Å².